The van der Waals surface area contributed by atoms with Gasteiger partial charge in [-0.3, -0.25) is 9.36 Å². The number of aromatic nitrogens is 1. The van der Waals surface area contributed by atoms with Crippen molar-refractivity contribution < 1.29 is 18.5 Å². The van der Waals surface area contributed by atoms with Crippen molar-refractivity contribution in [2.24, 2.45) is 7.05 Å². The summed E-state index contributed by atoms with van der Waals surface area (Å²) in [6.07, 6.45) is 1.68. The zero-order valence-electron chi connectivity index (χ0n) is 12.9. The number of fused-ring (bicyclic) bond motifs is 1. The Kier molecular flexibility index (Phi) is 2.87. The molecular weight excluding hydrogens is 273 g/mol. The van der Waals surface area contributed by atoms with Gasteiger partial charge in [-0.25, -0.2) is 4.79 Å². The molecule has 1 aliphatic heterocycles. The normalized spacial score (nSPS) is 23.2. The molecule has 0 aromatic carbocycles. The van der Waals surface area contributed by atoms with Crippen LogP contribution in [0, 0.1) is 0 Å². The number of oxazole rings is 1. The molecular formula is C14H18BNO5. The van der Waals surface area contributed by atoms with E-state index in [9.17, 15) is 9.59 Å². The van der Waals surface area contributed by atoms with Gasteiger partial charge in [-0.1, -0.05) is 0 Å². The van der Waals surface area contributed by atoms with Gasteiger partial charge in [-0.2, -0.15) is 0 Å². The number of carbonyl (C=O) groups is 1. The Labute approximate surface area is 122 Å². The van der Waals surface area contributed by atoms with E-state index in [2.05, 4.69) is 0 Å². The summed E-state index contributed by atoms with van der Waals surface area (Å²) < 4.78 is 18.3. The second-order valence-corrected chi connectivity index (χ2v) is 6.53. The van der Waals surface area contributed by atoms with Crippen LogP contribution in [0.4, 0.5) is 0 Å². The van der Waals surface area contributed by atoms with Crippen LogP contribution in [0.2, 0.25) is 0 Å². The number of carbonyl (C=O) groups excluding carboxylic acids is 1. The van der Waals surface area contributed by atoms with Crippen LogP contribution in [0.1, 0.15) is 39.1 Å². The zero-order chi connectivity index (χ0) is 15.6. The first-order valence-corrected chi connectivity index (χ1v) is 6.91. The molecule has 1 aromatic heterocycles. The van der Waals surface area contributed by atoms with E-state index in [1.807, 2.05) is 27.7 Å². The molecule has 2 heterocycles. The van der Waals surface area contributed by atoms with Crippen molar-refractivity contribution in [2.45, 2.75) is 45.3 Å². The smallest absolute Gasteiger partial charge is 0.408 e. The summed E-state index contributed by atoms with van der Waals surface area (Å²) >= 11 is 0. The van der Waals surface area contributed by atoms with Crippen LogP contribution >= 0.6 is 0 Å². The molecule has 0 spiro atoms. The second kappa shape index (κ2) is 4.21. The molecule has 1 aromatic rings. The van der Waals surface area contributed by atoms with Gasteiger partial charge in [0, 0.05) is 12.5 Å². The fraction of sp³-hybridized carbons (Fsp3) is 0.571. The van der Waals surface area contributed by atoms with Gasteiger partial charge in [0.2, 0.25) is 0 Å². The summed E-state index contributed by atoms with van der Waals surface area (Å²) in [5, 5.41) is 0. The van der Waals surface area contributed by atoms with E-state index in [-0.39, 0.29) is 12.2 Å². The standard InChI is InChI=1S/C14H18BNO5/c1-13(2)14(3,4)21-15(20-13)8-6-11-9(7-10(8)17)16(5)12(18)19-11/h6H,7H2,1-5H3. The fourth-order valence-electron chi connectivity index (χ4n) is 2.46. The van der Waals surface area contributed by atoms with Crippen LogP contribution in [-0.4, -0.2) is 28.7 Å². The van der Waals surface area contributed by atoms with E-state index in [1.165, 1.54) is 4.57 Å². The maximum absolute atomic E-state index is 12.3. The summed E-state index contributed by atoms with van der Waals surface area (Å²) in [6, 6.07) is 0. The lowest BCUT2D eigenvalue weighted by atomic mass is 9.72. The molecule has 2 aliphatic rings. The van der Waals surface area contributed by atoms with Crippen LogP contribution in [0.3, 0.4) is 0 Å². The first kappa shape index (κ1) is 14.3. The Morgan fingerprint density at radius 3 is 2.29 bits per heavy atom. The highest BCUT2D eigenvalue weighted by Gasteiger charge is 2.54. The van der Waals surface area contributed by atoms with Crippen LogP contribution in [0.15, 0.2) is 14.7 Å². The number of hydrogen-bond donors (Lipinski definition) is 0. The number of hydrogen-bond acceptors (Lipinski definition) is 5. The Balaban J connectivity index is 2.01. The molecule has 0 unspecified atom stereocenters. The van der Waals surface area contributed by atoms with Gasteiger partial charge in [-0.05, 0) is 33.8 Å². The Morgan fingerprint density at radius 2 is 1.71 bits per heavy atom. The monoisotopic (exact) mass is 291 g/mol. The Hall–Kier alpha value is -1.60. The van der Waals surface area contributed by atoms with Crippen LogP contribution < -0.4 is 5.76 Å². The average Bonchev–Trinajstić information content (AvgIpc) is 2.74. The summed E-state index contributed by atoms with van der Waals surface area (Å²) in [6.45, 7) is 7.70. The van der Waals surface area contributed by atoms with Crippen molar-refractivity contribution in [1.82, 2.24) is 4.57 Å². The van der Waals surface area contributed by atoms with E-state index in [4.69, 9.17) is 13.7 Å². The summed E-state index contributed by atoms with van der Waals surface area (Å²) in [5.74, 6) is -0.177. The molecule has 1 fully saturated rings. The third-order valence-electron chi connectivity index (χ3n) is 4.60. The minimum absolute atomic E-state index is 0.114. The Morgan fingerprint density at radius 1 is 1.14 bits per heavy atom. The highest BCUT2D eigenvalue weighted by atomic mass is 16.7. The minimum Gasteiger partial charge on any atom is -0.408 e. The number of rotatable bonds is 1. The van der Waals surface area contributed by atoms with Crippen molar-refractivity contribution in [3.63, 3.8) is 0 Å². The molecule has 0 saturated carbocycles. The number of ketones is 1. The van der Waals surface area contributed by atoms with E-state index in [0.717, 1.165) is 0 Å². The molecule has 21 heavy (non-hydrogen) atoms. The van der Waals surface area contributed by atoms with Gasteiger partial charge in [0.15, 0.2) is 11.5 Å². The van der Waals surface area contributed by atoms with Crippen molar-refractivity contribution in [2.75, 3.05) is 0 Å². The van der Waals surface area contributed by atoms with E-state index in [0.29, 0.717) is 16.9 Å². The minimum atomic E-state index is -0.735. The quantitative estimate of drug-likeness (QED) is 0.725. The largest absolute Gasteiger partial charge is 0.498 e. The van der Waals surface area contributed by atoms with Gasteiger partial charge < -0.3 is 13.7 Å². The SMILES string of the molecule is Cn1c2c(oc1=O)C=C(B1OC(C)(C)C(C)(C)O1)C(=O)C2. The average molecular weight is 291 g/mol. The highest BCUT2D eigenvalue weighted by Crippen LogP contribution is 2.39. The molecule has 0 amide bonds. The third-order valence-corrected chi connectivity index (χ3v) is 4.60. The number of allylic oxidation sites excluding steroid dienone is 1. The second-order valence-electron chi connectivity index (χ2n) is 6.53. The molecule has 1 saturated heterocycles. The maximum atomic E-state index is 12.3. The zero-order valence-corrected chi connectivity index (χ0v) is 12.9. The lowest BCUT2D eigenvalue weighted by molar-refractivity contribution is -0.114. The van der Waals surface area contributed by atoms with Crippen LogP contribution in [-0.2, 0) is 27.6 Å². The molecule has 1 aliphatic carbocycles. The van der Waals surface area contributed by atoms with E-state index < -0.39 is 24.1 Å². The topological polar surface area (TPSA) is 70.7 Å². The van der Waals surface area contributed by atoms with E-state index >= 15 is 0 Å². The van der Waals surface area contributed by atoms with Gasteiger partial charge >= 0.3 is 12.9 Å². The van der Waals surface area contributed by atoms with E-state index in [1.54, 1.807) is 13.1 Å². The first-order valence-electron chi connectivity index (χ1n) is 6.91. The number of Topliss-reactive ketones (excluding diaryl/α,β-unsaturated/α-hetero) is 1. The molecule has 0 atom stereocenters. The van der Waals surface area contributed by atoms with Crippen molar-refractivity contribution in [3.05, 3.63) is 27.5 Å². The van der Waals surface area contributed by atoms with Crippen molar-refractivity contribution >= 4 is 19.0 Å². The van der Waals surface area contributed by atoms with Crippen LogP contribution in [0.25, 0.3) is 6.08 Å². The third kappa shape index (κ3) is 2.03. The summed E-state index contributed by atoms with van der Waals surface area (Å²) in [5.41, 5.74) is -0.0477. The number of nitrogens with zero attached hydrogens (tertiary/aromatic N) is 1. The fourth-order valence-corrected chi connectivity index (χ4v) is 2.46. The van der Waals surface area contributed by atoms with Gasteiger partial charge in [0.05, 0.1) is 23.3 Å². The van der Waals surface area contributed by atoms with Gasteiger partial charge in [0.1, 0.15) is 0 Å². The molecule has 0 radical (unpaired) electrons. The summed E-state index contributed by atoms with van der Waals surface area (Å²) in [4.78, 5) is 23.9. The van der Waals surface area contributed by atoms with Crippen LogP contribution in [0.5, 0.6) is 0 Å². The molecule has 0 bridgehead atoms. The summed E-state index contributed by atoms with van der Waals surface area (Å²) in [7, 11) is 0.854. The lowest BCUT2D eigenvalue weighted by Crippen LogP contribution is -2.41. The Bertz CT molecular complexity index is 693. The van der Waals surface area contributed by atoms with Gasteiger partial charge in [0.25, 0.3) is 0 Å². The predicted molar refractivity (Wildman–Crippen MR) is 76.7 cm³/mol. The molecule has 0 N–H and O–H groups in total. The highest BCUT2D eigenvalue weighted by molar-refractivity contribution is 6.63. The first-order chi connectivity index (χ1) is 9.62. The maximum Gasteiger partial charge on any atom is 0.498 e. The molecule has 7 heteroatoms. The molecule has 6 nitrogen and oxygen atoms in total. The molecule has 3 rings (SSSR count). The van der Waals surface area contributed by atoms with Crippen molar-refractivity contribution in [1.29, 1.82) is 0 Å². The lowest BCUT2D eigenvalue weighted by Gasteiger charge is -2.32. The van der Waals surface area contributed by atoms with Gasteiger partial charge in [-0.15, -0.1) is 0 Å². The molecule has 112 valence electrons. The van der Waals surface area contributed by atoms with Crippen molar-refractivity contribution in [3.8, 4) is 0 Å². The predicted octanol–water partition coefficient (Wildman–Crippen LogP) is 1.12.